The average Bonchev–Trinajstić information content (AvgIpc) is 3.54. The predicted molar refractivity (Wildman–Crippen MR) is 128 cm³/mol. The van der Waals surface area contributed by atoms with E-state index in [1.165, 1.54) is 11.3 Å². The lowest BCUT2D eigenvalue weighted by molar-refractivity contribution is 0.156. The van der Waals surface area contributed by atoms with Crippen LogP contribution < -0.4 is 15.8 Å². The molecule has 2 heterocycles. The highest BCUT2D eigenvalue weighted by Crippen LogP contribution is 2.50. The third-order valence-corrected chi connectivity index (χ3v) is 6.00. The Morgan fingerprint density at radius 1 is 1.29 bits per heavy atom. The lowest BCUT2D eigenvalue weighted by Gasteiger charge is -2.21. The van der Waals surface area contributed by atoms with Crippen LogP contribution in [-0.2, 0) is 10.2 Å². The summed E-state index contributed by atoms with van der Waals surface area (Å²) in [6, 6.07) is 12.8. The second-order valence-corrected chi connectivity index (χ2v) is 8.29. The molecule has 4 rings (SSSR count). The molecule has 0 unspecified atom stereocenters. The molecule has 0 bridgehead atoms. The van der Waals surface area contributed by atoms with Crippen molar-refractivity contribution in [3.8, 4) is 29.5 Å². The Hall–Kier alpha value is -4.41. The number of aromatic nitrogens is 2. The van der Waals surface area contributed by atoms with Crippen molar-refractivity contribution in [2.45, 2.75) is 25.2 Å². The van der Waals surface area contributed by atoms with Crippen molar-refractivity contribution in [3.05, 3.63) is 58.5 Å². The zero-order valence-electron chi connectivity index (χ0n) is 18.2. The largest absolute Gasteiger partial charge is 0.448 e. The van der Waals surface area contributed by atoms with Gasteiger partial charge in [-0.15, -0.1) is 17.8 Å². The Morgan fingerprint density at radius 3 is 2.71 bits per heavy atom. The molecule has 1 aliphatic rings. The Kier molecular flexibility index (Phi) is 6.44. The minimum absolute atomic E-state index is 0.109. The highest BCUT2D eigenvalue weighted by Gasteiger charge is 2.46. The van der Waals surface area contributed by atoms with Crippen molar-refractivity contribution in [1.29, 1.82) is 5.26 Å². The van der Waals surface area contributed by atoms with Gasteiger partial charge in [-0.2, -0.15) is 10.3 Å². The number of amides is 3. The molecule has 3 aromatic rings. The molecule has 2 aromatic heterocycles. The summed E-state index contributed by atoms with van der Waals surface area (Å²) in [4.78, 5) is 33.4. The average molecular weight is 473 g/mol. The van der Waals surface area contributed by atoms with Gasteiger partial charge in [0.15, 0.2) is 10.8 Å². The van der Waals surface area contributed by atoms with E-state index in [0.717, 1.165) is 34.5 Å². The second kappa shape index (κ2) is 9.61. The van der Waals surface area contributed by atoms with Crippen molar-refractivity contribution < 1.29 is 14.3 Å². The SMILES string of the molecule is C#Cc1nc(NC(=O)NN(C(=O)OCC)c2ccc(-c3ccccc3C3(C#N)CC3)cn2)cs1. The number of anilines is 2. The van der Waals surface area contributed by atoms with Crippen LogP contribution in [0, 0.1) is 23.7 Å². The van der Waals surface area contributed by atoms with Crippen LogP contribution in [0.3, 0.4) is 0 Å². The summed E-state index contributed by atoms with van der Waals surface area (Å²) in [5, 5.41) is 15.1. The highest BCUT2D eigenvalue weighted by molar-refractivity contribution is 7.10. The van der Waals surface area contributed by atoms with Gasteiger partial charge in [0.2, 0.25) is 0 Å². The van der Waals surface area contributed by atoms with Gasteiger partial charge in [-0.05, 0) is 48.9 Å². The van der Waals surface area contributed by atoms with Gasteiger partial charge in [0.1, 0.15) is 5.82 Å². The summed E-state index contributed by atoms with van der Waals surface area (Å²) in [5.41, 5.74) is 4.62. The summed E-state index contributed by atoms with van der Waals surface area (Å²) < 4.78 is 5.06. The van der Waals surface area contributed by atoms with E-state index in [9.17, 15) is 14.9 Å². The lowest BCUT2D eigenvalue weighted by Crippen LogP contribution is -2.49. The van der Waals surface area contributed by atoms with Gasteiger partial charge in [0, 0.05) is 17.1 Å². The molecule has 34 heavy (non-hydrogen) atoms. The molecule has 0 saturated heterocycles. The molecule has 0 aliphatic heterocycles. The molecule has 9 nitrogen and oxygen atoms in total. The van der Waals surface area contributed by atoms with E-state index in [1.54, 1.807) is 30.6 Å². The first kappa shape index (κ1) is 22.8. The summed E-state index contributed by atoms with van der Waals surface area (Å²) in [6.45, 7) is 1.76. The molecule has 1 saturated carbocycles. The van der Waals surface area contributed by atoms with Crippen LogP contribution in [0.4, 0.5) is 21.2 Å². The molecule has 0 spiro atoms. The number of benzene rings is 1. The first-order chi connectivity index (χ1) is 16.5. The smallest absolute Gasteiger partial charge is 0.435 e. The number of nitriles is 1. The summed E-state index contributed by atoms with van der Waals surface area (Å²) in [7, 11) is 0. The number of nitrogens with zero attached hydrogens (tertiary/aromatic N) is 4. The third-order valence-electron chi connectivity index (χ3n) is 5.23. The normalized spacial score (nSPS) is 13.1. The quantitative estimate of drug-likeness (QED) is 0.418. The van der Waals surface area contributed by atoms with Gasteiger partial charge >= 0.3 is 12.1 Å². The van der Waals surface area contributed by atoms with Gasteiger partial charge in [-0.3, -0.25) is 5.32 Å². The van der Waals surface area contributed by atoms with Crippen molar-refractivity contribution >= 4 is 35.1 Å². The summed E-state index contributed by atoms with van der Waals surface area (Å²) >= 11 is 1.20. The number of hydrazine groups is 1. The van der Waals surface area contributed by atoms with Crippen molar-refractivity contribution in [2.24, 2.45) is 0 Å². The Labute approximate surface area is 200 Å². The van der Waals surface area contributed by atoms with Crippen molar-refractivity contribution in [3.63, 3.8) is 0 Å². The number of carbonyl (C=O) groups is 2. The van der Waals surface area contributed by atoms with E-state index in [1.807, 2.05) is 24.3 Å². The number of rotatable bonds is 5. The number of nitrogens with one attached hydrogen (secondary N) is 2. The Morgan fingerprint density at radius 2 is 2.09 bits per heavy atom. The number of thiazole rings is 1. The maximum atomic E-state index is 12.5. The van der Waals surface area contributed by atoms with Gasteiger partial charge < -0.3 is 4.74 Å². The van der Waals surface area contributed by atoms with Gasteiger partial charge in [0.05, 0.1) is 18.1 Å². The number of carbonyl (C=O) groups excluding carboxylic acids is 2. The zero-order chi connectivity index (χ0) is 24.1. The number of hydrogen-bond acceptors (Lipinski definition) is 7. The van der Waals surface area contributed by atoms with Crippen LogP contribution in [0.25, 0.3) is 11.1 Å². The van der Waals surface area contributed by atoms with Gasteiger partial charge in [0.25, 0.3) is 0 Å². The monoisotopic (exact) mass is 472 g/mol. The fraction of sp³-hybridized carbons (Fsp3) is 0.208. The topological polar surface area (TPSA) is 120 Å². The second-order valence-electron chi connectivity index (χ2n) is 7.43. The van der Waals surface area contributed by atoms with E-state index in [0.29, 0.717) is 5.01 Å². The van der Waals surface area contributed by atoms with Crippen molar-refractivity contribution in [1.82, 2.24) is 15.4 Å². The molecule has 0 atom stereocenters. The number of pyridine rings is 1. The first-order valence-electron chi connectivity index (χ1n) is 10.4. The maximum absolute atomic E-state index is 12.5. The lowest BCUT2D eigenvalue weighted by atomic mass is 9.90. The van der Waals surface area contributed by atoms with E-state index < -0.39 is 17.5 Å². The molecule has 1 fully saturated rings. The maximum Gasteiger partial charge on any atom is 0.435 e. The van der Waals surface area contributed by atoms with Crippen LogP contribution in [-0.4, -0.2) is 28.7 Å². The molecule has 0 radical (unpaired) electrons. The minimum Gasteiger partial charge on any atom is -0.448 e. The van der Waals surface area contributed by atoms with Crippen LogP contribution >= 0.6 is 11.3 Å². The van der Waals surface area contributed by atoms with Gasteiger partial charge in [-0.25, -0.2) is 25.0 Å². The van der Waals surface area contributed by atoms with Crippen LogP contribution in [0.5, 0.6) is 0 Å². The Balaban J connectivity index is 1.56. The summed E-state index contributed by atoms with van der Waals surface area (Å²) in [5.74, 6) is 2.79. The van der Waals surface area contributed by atoms with E-state index in [2.05, 4.69) is 32.7 Å². The predicted octanol–water partition coefficient (Wildman–Crippen LogP) is 4.44. The minimum atomic E-state index is -0.803. The standard InChI is InChI=1S/C24H20N6O3S/c1-3-21-27-19(14-34-21)28-22(31)29-30(23(32)33-4-2)20-10-9-16(13-26-20)17-7-5-6-8-18(17)24(15-25)11-12-24/h1,5-10,13-14H,4,11-12H2,2H3,(H2,28,29,31). The highest BCUT2D eigenvalue weighted by atomic mass is 32.1. The zero-order valence-corrected chi connectivity index (χ0v) is 19.1. The first-order valence-corrected chi connectivity index (χ1v) is 11.3. The third kappa shape index (κ3) is 4.68. The number of terminal acetylenes is 1. The molecule has 170 valence electrons. The van der Waals surface area contributed by atoms with Crippen molar-refractivity contribution in [2.75, 3.05) is 16.9 Å². The Bertz CT molecular complexity index is 1300. The van der Waals surface area contributed by atoms with Crippen LogP contribution in [0.15, 0.2) is 48.0 Å². The van der Waals surface area contributed by atoms with Crippen LogP contribution in [0.2, 0.25) is 0 Å². The molecule has 1 aromatic carbocycles. The fourth-order valence-electron chi connectivity index (χ4n) is 3.42. The molecule has 2 N–H and O–H groups in total. The molecule has 10 heteroatoms. The van der Waals surface area contributed by atoms with E-state index >= 15 is 0 Å². The summed E-state index contributed by atoms with van der Waals surface area (Å²) in [6.07, 6.45) is 7.73. The number of hydrogen-bond donors (Lipinski definition) is 2. The molecular formula is C24H20N6O3S. The molecule has 1 aliphatic carbocycles. The number of ether oxygens (including phenoxy) is 1. The van der Waals surface area contributed by atoms with E-state index in [4.69, 9.17) is 11.2 Å². The van der Waals surface area contributed by atoms with Gasteiger partial charge in [-0.1, -0.05) is 24.3 Å². The molecular weight excluding hydrogens is 452 g/mol. The molecule has 3 amide bonds. The fourth-order valence-corrected chi connectivity index (χ4v) is 3.98. The van der Waals surface area contributed by atoms with E-state index in [-0.39, 0.29) is 18.2 Å². The number of urea groups is 1. The van der Waals surface area contributed by atoms with Crippen LogP contribution in [0.1, 0.15) is 30.3 Å².